The van der Waals surface area contributed by atoms with Gasteiger partial charge in [-0.1, -0.05) is 23.8 Å². The van der Waals surface area contributed by atoms with E-state index in [2.05, 4.69) is 29.4 Å². The second-order valence-electron chi connectivity index (χ2n) is 7.50. The van der Waals surface area contributed by atoms with Crippen molar-refractivity contribution in [3.8, 4) is 0 Å². The predicted molar refractivity (Wildman–Crippen MR) is 119 cm³/mol. The van der Waals surface area contributed by atoms with Gasteiger partial charge in [-0.05, 0) is 31.2 Å². The average Bonchev–Trinajstić information content (AvgIpc) is 3.17. The number of amides is 1. The number of rotatable bonds is 4. The zero-order valence-corrected chi connectivity index (χ0v) is 19.2. The van der Waals surface area contributed by atoms with Crippen LogP contribution in [-0.4, -0.2) is 79.8 Å². The molecule has 2 aromatic rings. The molecule has 1 aromatic heterocycles. The van der Waals surface area contributed by atoms with Crippen LogP contribution in [0.2, 0.25) is 0 Å². The van der Waals surface area contributed by atoms with Crippen LogP contribution in [0.3, 0.4) is 0 Å². The van der Waals surface area contributed by atoms with Gasteiger partial charge in [-0.15, -0.1) is 11.8 Å². The summed E-state index contributed by atoms with van der Waals surface area (Å²) in [5, 5.41) is 0.990. The van der Waals surface area contributed by atoms with Gasteiger partial charge in [0.25, 0.3) is 0 Å². The molecule has 2 fully saturated rings. The molecular weight excluding hydrogens is 428 g/mol. The summed E-state index contributed by atoms with van der Waals surface area (Å²) in [5.74, 6) is -0.0521. The molecule has 3 heterocycles. The van der Waals surface area contributed by atoms with Crippen molar-refractivity contribution < 1.29 is 13.2 Å². The largest absolute Gasteiger partial charge is 0.345 e. The van der Waals surface area contributed by atoms with Crippen LogP contribution in [0.4, 0.5) is 5.13 Å². The van der Waals surface area contributed by atoms with E-state index in [0.29, 0.717) is 39.1 Å². The zero-order chi connectivity index (χ0) is 20.6. The normalized spacial score (nSPS) is 21.7. The third kappa shape index (κ3) is 4.26. The summed E-state index contributed by atoms with van der Waals surface area (Å²) in [5.41, 5.74) is 1.05. The molecule has 1 unspecified atom stereocenters. The van der Waals surface area contributed by atoms with Gasteiger partial charge in [0.1, 0.15) is 6.04 Å². The highest BCUT2D eigenvalue weighted by atomic mass is 32.2. The highest BCUT2D eigenvalue weighted by Crippen LogP contribution is 2.34. The summed E-state index contributed by atoms with van der Waals surface area (Å²) in [7, 11) is -3.37. The fourth-order valence-electron chi connectivity index (χ4n) is 4.09. The zero-order valence-electron chi connectivity index (χ0n) is 16.7. The minimum absolute atomic E-state index is 0.0521. The number of anilines is 1. The number of hydrogen-bond donors (Lipinski definition) is 0. The van der Waals surface area contributed by atoms with E-state index in [-0.39, 0.29) is 5.91 Å². The summed E-state index contributed by atoms with van der Waals surface area (Å²) in [6.07, 6.45) is 5.59. The van der Waals surface area contributed by atoms with Crippen LogP contribution in [0, 0.1) is 0 Å². The van der Waals surface area contributed by atoms with Crippen molar-refractivity contribution in [2.45, 2.75) is 30.2 Å². The first-order valence-electron chi connectivity index (χ1n) is 9.82. The van der Waals surface area contributed by atoms with Crippen molar-refractivity contribution in [1.82, 2.24) is 14.2 Å². The quantitative estimate of drug-likeness (QED) is 0.661. The van der Waals surface area contributed by atoms with Crippen LogP contribution in [-0.2, 0) is 14.8 Å². The van der Waals surface area contributed by atoms with Gasteiger partial charge in [0, 0.05) is 37.6 Å². The van der Waals surface area contributed by atoms with E-state index in [1.165, 1.54) is 20.2 Å². The lowest BCUT2D eigenvalue weighted by Crippen LogP contribution is -2.57. The van der Waals surface area contributed by atoms with Gasteiger partial charge in [-0.2, -0.15) is 4.31 Å². The maximum atomic E-state index is 13.1. The van der Waals surface area contributed by atoms with Crippen molar-refractivity contribution in [2.24, 2.45) is 0 Å². The van der Waals surface area contributed by atoms with E-state index in [4.69, 9.17) is 4.98 Å². The number of hydrogen-bond acceptors (Lipinski definition) is 7. The number of carbonyl (C=O) groups is 1. The first kappa shape index (κ1) is 20.9. The Hall–Kier alpha value is -1.36. The fourth-order valence-corrected chi connectivity index (χ4v) is 6.88. The number of nitrogens with zero attached hydrogens (tertiary/aromatic N) is 4. The minimum atomic E-state index is -3.37. The number of para-hydroxylation sites is 1. The molecule has 1 aromatic carbocycles. The van der Waals surface area contributed by atoms with E-state index in [1.807, 2.05) is 4.90 Å². The number of piperazine rings is 1. The van der Waals surface area contributed by atoms with Crippen LogP contribution in [0.5, 0.6) is 0 Å². The number of thiazole rings is 1. The number of carbonyl (C=O) groups excluding carboxylic acids is 1. The van der Waals surface area contributed by atoms with Crippen LogP contribution < -0.4 is 4.90 Å². The van der Waals surface area contributed by atoms with Crippen molar-refractivity contribution in [3.63, 3.8) is 0 Å². The summed E-state index contributed by atoms with van der Waals surface area (Å²) in [6.45, 7) is 3.06. The molecule has 2 aliphatic rings. The third-order valence-corrected chi connectivity index (χ3v) is 8.76. The summed E-state index contributed by atoms with van der Waals surface area (Å²) < 4.78 is 26.8. The molecule has 0 spiro atoms. The molecule has 1 amide bonds. The van der Waals surface area contributed by atoms with Crippen LogP contribution in [0.1, 0.15) is 19.3 Å². The lowest BCUT2D eigenvalue weighted by Gasteiger charge is -2.39. The highest BCUT2D eigenvalue weighted by molar-refractivity contribution is 7.98. The summed E-state index contributed by atoms with van der Waals surface area (Å²) >= 11 is 3.38. The molecular formula is C19H26N4O3S3. The van der Waals surface area contributed by atoms with Crippen molar-refractivity contribution in [2.75, 3.05) is 50.1 Å². The SMILES string of the molecule is CSc1cccc2sc(N3CCN(C(=O)C4CCCCN4S(C)(=O)=O)CC3)nc12. The van der Waals surface area contributed by atoms with E-state index >= 15 is 0 Å². The predicted octanol–water partition coefficient (Wildman–Crippen LogP) is 2.48. The molecule has 1 atom stereocenters. The Balaban J connectivity index is 1.44. The first-order chi connectivity index (χ1) is 13.9. The Morgan fingerprint density at radius 1 is 1.17 bits per heavy atom. The van der Waals surface area contributed by atoms with E-state index in [0.717, 1.165) is 23.5 Å². The van der Waals surface area contributed by atoms with Gasteiger partial charge >= 0.3 is 0 Å². The molecule has 7 nitrogen and oxygen atoms in total. The number of fused-ring (bicyclic) bond motifs is 1. The van der Waals surface area contributed by atoms with Crippen LogP contribution in [0.15, 0.2) is 23.1 Å². The average molecular weight is 455 g/mol. The standard InChI is InChI=1S/C19H26N4O3S3/c1-27-15-7-5-8-16-17(15)20-19(28-16)22-12-10-21(11-13-22)18(24)14-6-3-4-9-23(14)29(2,25)26/h5,7-8,14H,3-4,6,9-13H2,1-2H3. The molecule has 0 N–H and O–H groups in total. The number of benzene rings is 1. The molecule has 10 heteroatoms. The van der Waals surface area contributed by atoms with Gasteiger partial charge in [0.2, 0.25) is 15.9 Å². The maximum absolute atomic E-state index is 13.1. The number of piperidine rings is 1. The van der Waals surface area contributed by atoms with E-state index in [9.17, 15) is 13.2 Å². The summed E-state index contributed by atoms with van der Waals surface area (Å²) in [4.78, 5) is 23.1. The van der Waals surface area contributed by atoms with Crippen molar-refractivity contribution in [1.29, 1.82) is 0 Å². The van der Waals surface area contributed by atoms with E-state index in [1.54, 1.807) is 23.1 Å². The number of sulfonamides is 1. The first-order valence-corrected chi connectivity index (χ1v) is 13.7. The molecule has 158 valence electrons. The van der Waals surface area contributed by atoms with Crippen molar-refractivity contribution in [3.05, 3.63) is 18.2 Å². The smallest absolute Gasteiger partial charge is 0.241 e. The molecule has 29 heavy (non-hydrogen) atoms. The number of aromatic nitrogens is 1. The van der Waals surface area contributed by atoms with Crippen LogP contribution in [0.25, 0.3) is 10.2 Å². The Bertz CT molecular complexity index is 999. The molecule has 0 aliphatic carbocycles. The van der Waals surface area contributed by atoms with Gasteiger partial charge in [0.15, 0.2) is 5.13 Å². The number of thioether (sulfide) groups is 1. The monoisotopic (exact) mass is 454 g/mol. The highest BCUT2D eigenvalue weighted by Gasteiger charge is 2.37. The van der Waals surface area contributed by atoms with E-state index < -0.39 is 16.1 Å². The molecule has 0 saturated carbocycles. The van der Waals surface area contributed by atoms with Gasteiger partial charge in [0.05, 0.1) is 16.5 Å². The lowest BCUT2D eigenvalue weighted by molar-refractivity contribution is -0.136. The Kier molecular flexibility index (Phi) is 6.06. The Morgan fingerprint density at radius 3 is 2.62 bits per heavy atom. The van der Waals surface area contributed by atoms with Crippen LogP contribution >= 0.6 is 23.1 Å². The maximum Gasteiger partial charge on any atom is 0.241 e. The molecule has 2 aliphatic heterocycles. The molecule has 0 bridgehead atoms. The Labute approximate surface area is 180 Å². The van der Waals surface area contributed by atoms with Gasteiger partial charge in [-0.3, -0.25) is 4.79 Å². The Morgan fingerprint density at radius 2 is 1.93 bits per heavy atom. The molecule has 4 rings (SSSR count). The molecule has 0 radical (unpaired) electrons. The fraction of sp³-hybridized carbons (Fsp3) is 0.579. The summed E-state index contributed by atoms with van der Waals surface area (Å²) in [6, 6.07) is 5.70. The second kappa shape index (κ2) is 8.41. The lowest BCUT2D eigenvalue weighted by atomic mass is 10.0. The second-order valence-corrected chi connectivity index (χ2v) is 11.3. The third-order valence-electron chi connectivity index (χ3n) is 5.62. The van der Waals surface area contributed by atoms with Gasteiger partial charge in [-0.25, -0.2) is 13.4 Å². The molecule has 2 saturated heterocycles. The van der Waals surface area contributed by atoms with Gasteiger partial charge < -0.3 is 9.80 Å². The topological polar surface area (TPSA) is 73.8 Å². The van der Waals surface area contributed by atoms with Crippen molar-refractivity contribution >= 4 is 54.4 Å². The minimum Gasteiger partial charge on any atom is -0.345 e.